The van der Waals surface area contributed by atoms with Gasteiger partial charge in [0, 0.05) is 6.42 Å². The van der Waals surface area contributed by atoms with E-state index >= 15 is 0 Å². The number of hydrogen-bond donors (Lipinski definition) is 1. The minimum atomic E-state index is -1.02. The van der Waals surface area contributed by atoms with Crippen molar-refractivity contribution in [3.05, 3.63) is 0 Å². The Kier molecular flexibility index (Phi) is 5.21. The lowest BCUT2D eigenvalue weighted by molar-refractivity contribution is -0.147. The molecule has 7 heteroatoms. The third-order valence-corrected chi connectivity index (χ3v) is 1.98. The quantitative estimate of drug-likeness (QED) is 0.575. The van der Waals surface area contributed by atoms with Crippen LogP contribution < -0.4 is 5.48 Å². The van der Waals surface area contributed by atoms with E-state index in [9.17, 15) is 9.59 Å². The number of hydrogen-bond acceptors (Lipinski definition) is 6. The highest BCUT2D eigenvalue weighted by molar-refractivity contribution is 5.69. The molecule has 1 aliphatic rings. The predicted octanol–water partition coefficient (Wildman–Crippen LogP) is 2.11. The second-order valence-electron chi connectivity index (χ2n) is 4.87. The summed E-state index contributed by atoms with van der Waals surface area (Å²) >= 11 is 0. The van der Waals surface area contributed by atoms with E-state index in [1.54, 1.807) is 20.8 Å². The molecule has 18 heavy (non-hydrogen) atoms. The standard InChI is InChI=1S/C11H19NO6/c1-11(2,3)17-9(13)12-18-10(14)16-8-6-4-5-7-15-8/h8H,4-7H2,1-3H3,(H,12,13). The van der Waals surface area contributed by atoms with Gasteiger partial charge in [-0.1, -0.05) is 0 Å². The molecule has 1 saturated heterocycles. The first kappa shape index (κ1) is 14.6. The Morgan fingerprint density at radius 2 is 2.00 bits per heavy atom. The number of nitrogens with one attached hydrogen (secondary N) is 1. The fraction of sp³-hybridized carbons (Fsp3) is 0.818. The lowest BCUT2D eigenvalue weighted by Gasteiger charge is -2.22. The summed E-state index contributed by atoms with van der Waals surface area (Å²) in [6.07, 6.45) is 0.0211. The molecular formula is C11H19NO6. The van der Waals surface area contributed by atoms with Gasteiger partial charge in [0.15, 0.2) is 0 Å². The van der Waals surface area contributed by atoms with Gasteiger partial charge in [-0.3, -0.25) is 0 Å². The van der Waals surface area contributed by atoms with E-state index in [0.29, 0.717) is 13.0 Å². The van der Waals surface area contributed by atoms with Crippen LogP contribution in [0.1, 0.15) is 40.0 Å². The van der Waals surface area contributed by atoms with Crippen LogP contribution in [0.3, 0.4) is 0 Å². The lowest BCUT2D eigenvalue weighted by atomic mass is 10.2. The minimum Gasteiger partial charge on any atom is -0.442 e. The number of carbonyl (C=O) groups is 2. The van der Waals surface area contributed by atoms with Crippen LogP contribution in [0.25, 0.3) is 0 Å². The zero-order chi connectivity index (χ0) is 13.6. The maximum Gasteiger partial charge on any atom is 0.535 e. The highest BCUT2D eigenvalue weighted by atomic mass is 16.8. The van der Waals surface area contributed by atoms with Crippen LogP contribution in [-0.2, 0) is 19.0 Å². The summed E-state index contributed by atoms with van der Waals surface area (Å²) in [6, 6.07) is 0. The summed E-state index contributed by atoms with van der Waals surface area (Å²) in [5.41, 5.74) is 1.17. The Morgan fingerprint density at radius 3 is 2.56 bits per heavy atom. The first-order valence-corrected chi connectivity index (χ1v) is 5.85. The molecule has 0 aromatic carbocycles. The summed E-state index contributed by atoms with van der Waals surface area (Å²) in [4.78, 5) is 26.7. The van der Waals surface area contributed by atoms with Gasteiger partial charge in [-0.2, -0.15) is 0 Å². The number of rotatable bonds is 1. The molecule has 7 nitrogen and oxygen atoms in total. The van der Waals surface area contributed by atoms with Crippen LogP contribution in [0.5, 0.6) is 0 Å². The molecule has 1 heterocycles. The monoisotopic (exact) mass is 261 g/mol. The highest BCUT2D eigenvalue weighted by Gasteiger charge is 2.21. The number of carbonyl (C=O) groups excluding carboxylic acids is 2. The van der Waals surface area contributed by atoms with Crippen molar-refractivity contribution in [3.63, 3.8) is 0 Å². The lowest BCUT2D eigenvalue weighted by Crippen LogP contribution is -2.35. The number of hydroxylamine groups is 1. The van der Waals surface area contributed by atoms with Crippen molar-refractivity contribution < 1.29 is 28.6 Å². The van der Waals surface area contributed by atoms with Crippen LogP contribution in [0.4, 0.5) is 9.59 Å². The fourth-order valence-corrected chi connectivity index (χ4v) is 1.32. The first-order chi connectivity index (χ1) is 8.37. The molecule has 0 aromatic rings. The number of amides is 1. The molecule has 0 saturated carbocycles. The SMILES string of the molecule is CC(C)(C)OC(=O)NOC(=O)OC1CCCCO1. The molecular weight excluding hydrogens is 242 g/mol. The van der Waals surface area contributed by atoms with Crippen molar-refractivity contribution in [1.29, 1.82) is 0 Å². The van der Waals surface area contributed by atoms with Crippen molar-refractivity contribution in [1.82, 2.24) is 5.48 Å². The summed E-state index contributed by atoms with van der Waals surface area (Å²) in [5.74, 6) is 0. The second kappa shape index (κ2) is 6.44. The van der Waals surface area contributed by atoms with Crippen LogP contribution in [-0.4, -0.2) is 30.7 Å². The molecule has 1 rings (SSSR count). The van der Waals surface area contributed by atoms with Gasteiger partial charge >= 0.3 is 12.2 Å². The average molecular weight is 261 g/mol. The Morgan fingerprint density at radius 1 is 1.28 bits per heavy atom. The Bertz CT molecular complexity index is 292. The molecule has 1 N–H and O–H groups in total. The van der Waals surface area contributed by atoms with Crippen molar-refractivity contribution in [2.24, 2.45) is 0 Å². The molecule has 104 valence electrons. The Labute approximate surface area is 106 Å². The largest absolute Gasteiger partial charge is 0.535 e. The van der Waals surface area contributed by atoms with Gasteiger partial charge < -0.3 is 19.0 Å². The summed E-state index contributed by atoms with van der Waals surface area (Å²) in [6.45, 7) is 5.64. The van der Waals surface area contributed by atoms with E-state index in [-0.39, 0.29) is 0 Å². The van der Waals surface area contributed by atoms with Gasteiger partial charge in [0.2, 0.25) is 6.29 Å². The van der Waals surface area contributed by atoms with Gasteiger partial charge in [0.05, 0.1) is 6.61 Å². The van der Waals surface area contributed by atoms with Crippen LogP contribution in [0.15, 0.2) is 0 Å². The van der Waals surface area contributed by atoms with Gasteiger partial charge in [-0.15, -0.1) is 5.48 Å². The van der Waals surface area contributed by atoms with Crippen molar-refractivity contribution in [2.75, 3.05) is 6.61 Å². The molecule has 0 bridgehead atoms. The van der Waals surface area contributed by atoms with Gasteiger partial charge in [0.25, 0.3) is 0 Å². The van der Waals surface area contributed by atoms with Crippen LogP contribution in [0, 0.1) is 0 Å². The summed E-state index contributed by atoms with van der Waals surface area (Å²) in [7, 11) is 0. The molecule has 1 unspecified atom stereocenters. The van der Waals surface area contributed by atoms with Gasteiger partial charge in [-0.05, 0) is 33.6 Å². The molecule has 1 aliphatic heterocycles. The summed E-state index contributed by atoms with van der Waals surface area (Å²) in [5, 5.41) is 0. The molecule has 0 aliphatic carbocycles. The molecule has 1 amide bonds. The molecule has 1 atom stereocenters. The van der Waals surface area contributed by atoms with Crippen molar-refractivity contribution >= 4 is 12.2 Å². The highest BCUT2D eigenvalue weighted by Crippen LogP contribution is 2.14. The Balaban J connectivity index is 2.18. The molecule has 0 radical (unpaired) electrons. The first-order valence-electron chi connectivity index (χ1n) is 5.85. The van der Waals surface area contributed by atoms with E-state index in [0.717, 1.165) is 12.8 Å². The maximum absolute atomic E-state index is 11.2. The fourth-order valence-electron chi connectivity index (χ4n) is 1.32. The predicted molar refractivity (Wildman–Crippen MR) is 60.5 cm³/mol. The molecule has 0 spiro atoms. The van der Waals surface area contributed by atoms with E-state index < -0.39 is 24.1 Å². The Hall–Kier alpha value is -1.50. The van der Waals surface area contributed by atoms with Crippen LogP contribution in [0.2, 0.25) is 0 Å². The van der Waals surface area contributed by atoms with Gasteiger partial charge in [0.1, 0.15) is 5.60 Å². The number of ether oxygens (including phenoxy) is 3. The van der Waals surface area contributed by atoms with E-state index in [2.05, 4.69) is 4.84 Å². The molecule has 0 aromatic heterocycles. The smallest absolute Gasteiger partial charge is 0.442 e. The molecule has 1 fully saturated rings. The van der Waals surface area contributed by atoms with E-state index in [1.165, 1.54) is 0 Å². The third kappa shape index (κ3) is 6.29. The summed E-state index contributed by atoms with van der Waals surface area (Å²) < 4.78 is 14.9. The van der Waals surface area contributed by atoms with Crippen molar-refractivity contribution in [3.8, 4) is 0 Å². The van der Waals surface area contributed by atoms with E-state index in [1.807, 2.05) is 5.48 Å². The topological polar surface area (TPSA) is 83.1 Å². The zero-order valence-corrected chi connectivity index (χ0v) is 10.9. The van der Waals surface area contributed by atoms with Crippen LogP contribution >= 0.6 is 0 Å². The zero-order valence-electron chi connectivity index (χ0n) is 10.9. The van der Waals surface area contributed by atoms with Crippen molar-refractivity contribution in [2.45, 2.75) is 51.9 Å². The second-order valence-corrected chi connectivity index (χ2v) is 4.87. The third-order valence-electron chi connectivity index (χ3n) is 1.98. The van der Waals surface area contributed by atoms with Gasteiger partial charge in [-0.25, -0.2) is 9.59 Å². The van der Waals surface area contributed by atoms with E-state index in [4.69, 9.17) is 14.2 Å². The average Bonchev–Trinajstić information content (AvgIpc) is 2.25. The minimum absolute atomic E-state index is 0.553. The normalized spacial score (nSPS) is 19.8. The maximum atomic E-state index is 11.2.